The summed E-state index contributed by atoms with van der Waals surface area (Å²) in [7, 11) is -3.56. The highest BCUT2D eigenvalue weighted by Gasteiger charge is 2.31. The molecule has 1 saturated heterocycles. The fourth-order valence-corrected chi connectivity index (χ4v) is 7.21. The van der Waals surface area contributed by atoms with E-state index in [0.29, 0.717) is 30.3 Å². The SMILES string of the molecule is O=C(CCN1C(=O)CSc2ccccc21)N1CCN(S(=O)(=O)c2ccc3c(c2)CCC3)CC1. The number of fused-ring (bicyclic) bond motifs is 2. The first-order valence-electron chi connectivity index (χ1n) is 11.4. The van der Waals surface area contributed by atoms with Crippen LogP contribution in [0.2, 0.25) is 0 Å². The maximum atomic E-state index is 13.1. The minimum absolute atomic E-state index is 0.0109. The number of anilines is 1. The summed E-state index contributed by atoms with van der Waals surface area (Å²) in [6.45, 7) is 1.64. The van der Waals surface area contributed by atoms with E-state index in [1.165, 1.54) is 21.6 Å². The van der Waals surface area contributed by atoms with Crippen molar-refractivity contribution in [2.45, 2.75) is 35.5 Å². The van der Waals surface area contributed by atoms with Gasteiger partial charge in [0.2, 0.25) is 21.8 Å². The number of para-hydroxylation sites is 1. The third-order valence-electron chi connectivity index (χ3n) is 6.66. The maximum Gasteiger partial charge on any atom is 0.243 e. The van der Waals surface area contributed by atoms with Gasteiger partial charge in [0.1, 0.15) is 0 Å². The van der Waals surface area contributed by atoms with Crippen LogP contribution in [-0.2, 0) is 32.5 Å². The van der Waals surface area contributed by atoms with E-state index in [1.54, 1.807) is 15.9 Å². The maximum absolute atomic E-state index is 13.1. The van der Waals surface area contributed by atoms with Crippen LogP contribution < -0.4 is 4.90 Å². The highest BCUT2D eigenvalue weighted by atomic mass is 32.2. The average Bonchev–Trinajstić information content (AvgIpc) is 3.31. The first kappa shape index (κ1) is 22.4. The predicted octanol–water partition coefficient (Wildman–Crippen LogP) is 2.54. The van der Waals surface area contributed by atoms with Crippen LogP contribution in [0.4, 0.5) is 5.69 Å². The summed E-state index contributed by atoms with van der Waals surface area (Å²) in [5.41, 5.74) is 3.24. The van der Waals surface area contributed by atoms with Gasteiger partial charge in [-0.05, 0) is 54.7 Å². The van der Waals surface area contributed by atoms with Crippen LogP contribution in [-0.4, -0.2) is 67.9 Å². The highest BCUT2D eigenvalue weighted by molar-refractivity contribution is 8.00. The molecule has 174 valence electrons. The van der Waals surface area contributed by atoms with E-state index < -0.39 is 10.0 Å². The lowest BCUT2D eigenvalue weighted by Gasteiger charge is -2.35. The quantitative estimate of drug-likeness (QED) is 0.651. The molecule has 0 radical (unpaired) electrons. The molecule has 0 spiro atoms. The number of amides is 2. The summed E-state index contributed by atoms with van der Waals surface area (Å²) in [6.07, 6.45) is 3.25. The third kappa shape index (κ3) is 4.41. The number of carbonyl (C=O) groups is 2. The lowest BCUT2D eigenvalue weighted by Crippen LogP contribution is -2.51. The molecule has 2 aromatic rings. The summed E-state index contributed by atoms with van der Waals surface area (Å²) in [6, 6.07) is 13.2. The molecule has 0 N–H and O–H groups in total. The van der Waals surface area contributed by atoms with Crippen LogP contribution in [0.3, 0.4) is 0 Å². The molecule has 9 heteroatoms. The van der Waals surface area contributed by atoms with Crippen molar-refractivity contribution < 1.29 is 18.0 Å². The number of aryl methyl sites for hydroxylation is 2. The second-order valence-corrected chi connectivity index (χ2v) is 11.6. The number of hydrogen-bond donors (Lipinski definition) is 0. The zero-order valence-electron chi connectivity index (χ0n) is 18.4. The topological polar surface area (TPSA) is 78.0 Å². The van der Waals surface area contributed by atoms with Crippen molar-refractivity contribution in [3.63, 3.8) is 0 Å². The van der Waals surface area contributed by atoms with Gasteiger partial charge in [0.15, 0.2) is 0 Å². The van der Waals surface area contributed by atoms with Gasteiger partial charge in [-0.15, -0.1) is 11.8 Å². The molecule has 0 unspecified atom stereocenters. The Morgan fingerprint density at radius 1 is 0.970 bits per heavy atom. The lowest BCUT2D eigenvalue weighted by molar-refractivity contribution is -0.132. The molecule has 0 atom stereocenters. The van der Waals surface area contributed by atoms with Gasteiger partial charge in [0.05, 0.1) is 16.3 Å². The van der Waals surface area contributed by atoms with E-state index in [1.807, 2.05) is 36.4 Å². The number of nitrogens with zero attached hydrogens (tertiary/aromatic N) is 3. The van der Waals surface area contributed by atoms with Crippen molar-refractivity contribution in [2.24, 2.45) is 0 Å². The Labute approximate surface area is 198 Å². The predicted molar refractivity (Wildman–Crippen MR) is 128 cm³/mol. The lowest BCUT2D eigenvalue weighted by atomic mass is 10.1. The molecule has 2 heterocycles. The largest absolute Gasteiger partial charge is 0.340 e. The minimum atomic E-state index is -3.56. The molecule has 33 heavy (non-hydrogen) atoms. The van der Waals surface area contributed by atoms with Crippen LogP contribution in [0, 0.1) is 0 Å². The van der Waals surface area contributed by atoms with E-state index in [4.69, 9.17) is 0 Å². The Balaban J connectivity index is 1.18. The summed E-state index contributed by atoms with van der Waals surface area (Å²) < 4.78 is 27.7. The molecule has 7 nitrogen and oxygen atoms in total. The molecule has 0 bridgehead atoms. The highest BCUT2D eigenvalue weighted by Crippen LogP contribution is 2.35. The Bertz CT molecular complexity index is 1190. The second-order valence-electron chi connectivity index (χ2n) is 8.62. The van der Waals surface area contributed by atoms with Crippen LogP contribution in [0.15, 0.2) is 52.3 Å². The van der Waals surface area contributed by atoms with Crippen molar-refractivity contribution in [3.05, 3.63) is 53.6 Å². The molecule has 5 rings (SSSR count). The molecule has 0 aromatic heterocycles. The normalized spacial score (nSPS) is 18.8. The van der Waals surface area contributed by atoms with Gasteiger partial charge in [-0.2, -0.15) is 4.31 Å². The fraction of sp³-hybridized carbons (Fsp3) is 0.417. The van der Waals surface area contributed by atoms with Gasteiger partial charge in [-0.3, -0.25) is 9.59 Å². The van der Waals surface area contributed by atoms with Gasteiger partial charge in [-0.25, -0.2) is 8.42 Å². The second kappa shape index (κ2) is 9.12. The van der Waals surface area contributed by atoms with E-state index in [2.05, 4.69) is 0 Å². The Hall–Kier alpha value is -2.36. The number of thioether (sulfide) groups is 1. The Morgan fingerprint density at radius 3 is 2.55 bits per heavy atom. The smallest absolute Gasteiger partial charge is 0.243 e. The van der Waals surface area contributed by atoms with Crippen molar-refractivity contribution in [1.82, 2.24) is 9.21 Å². The number of carbonyl (C=O) groups excluding carboxylic acids is 2. The van der Waals surface area contributed by atoms with E-state index in [-0.39, 0.29) is 31.3 Å². The molecular weight excluding hydrogens is 458 g/mol. The molecule has 2 aliphatic heterocycles. The number of rotatable bonds is 5. The number of hydrogen-bond acceptors (Lipinski definition) is 5. The fourth-order valence-electron chi connectivity index (χ4n) is 4.80. The molecular formula is C24H27N3O4S2. The number of benzene rings is 2. The molecule has 2 aromatic carbocycles. The van der Waals surface area contributed by atoms with Crippen molar-refractivity contribution in [3.8, 4) is 0 Å². The molecule has 0 saturated carbocycles. The monoisotopic (exact) mass is 485 g/mol. The van der Waals surface area contributed by atoms with Crippen LogP contribution in [0.25, 0.3) is 0 Å². The average molecular weight is 486 g/mol. The van der Waals surface area contributed by atoms with Crippen molar-refractivity contribution in [1.29, 1.82) is 0 Å². The molecule has 1 aliphatic carbocycles. The zero-order valence-corrected chi connectivity index (χ0v) is 20.0. The third-order valence-corrected chi connectivity index (χ3v) is 9.60. The molecule has 2 amide bonds. The van der Waals surface area contributed by atoms with Gasteiger partial charge in [-0.1, -0.05) is 18.2 Å². The van der Waals surface area contributed by atoms with Crippen molar-refractivity contribution in [2.75, 3.05) is 43.4 Å². The standard InChI is InChI=1S/C24H27N3O4S2/c28-23(10-11-27-21-6-1-2-7-22(21)32-17-24(27)29)25-12-14-26(15-13-25)33(30,31)20-9-8-18-4-3-5-19(18)16-20/h1-2,6-9,16H,3-5,10-15,17H2. The van der Waals surface area contributed by atoms with E-state index in [0.717, 1.165) is 35.4 Å². The summed E-state index contributed by atoms with van der Waals surface area (Å²) in [5.74, 6) is 0.342. The van der Waals surface area contributed by atoms with Crippen molar-refractivity contribution >= 4 is 39.3 Å². The van der Waals surface area contributed by atoms with Crippen LogP contribution in [0.1, 0.15) is 24.0 Å². The van der Waals surface area contributed by atoms with Gasteiger partial charge in [0, 0.05) is 44.0 Å². The number of sulfonamides is 1. The van der Waals surface area contributed by atoms with Gasteiger partial charge >= 0.3 is 0 Å². The van der Waals surface area contributed by atoms with Gasteiger partial charge < -0.3 is 9.80 Å². The van der Waals surface area contributed by atoms with Gasteiger partial charge in [0.25, 0.3) is 0 Å². The summed E-state index contributed by atoms with van der Waals surface area (Å²) >= 11 is 1.52. The van der Waals surface area contributed by atoms with E-state index in [9.17, 15) is 18.0 Å². The Kier molecular flexibility index (Phi) is 6.20. The van der Waals surface area contributed by atoms with Crippen LogP contribution >= 0.6 is 11.8 Å². The zero-order chi connectivity index (χ0) is 23.0. The first-order chi connectivity index (χ1) is 15.9. The number of piperazine rings is 1. The van der Waals surface area contributed by atoms with E-state index >= 15 is 0 Å². The minimum Gasteiger partial charge on any atom is -0.340 e. The Morgan fingerprint density at radius 2 is 1.73 bits per heavy atom. The summed E-state index contributed by atoms with van der Waals surface area (Å²) in [5, 5.41) is 0. The molecule has 3 aliphatic rings. The summed E-state index contributed by atoms with van der Waals surface area (Å²) in [4.78, 5) is 30.0. The molecule has 1 fully saturated rings. The first-order valence-corrected chi connectivity index (χ1v) is 13.8. The van der Waals surface area contributed by atoms with Crippen LogP contribution in [0.5, 0.6) is 0 Å².